The molecular weight excluding hydrogens is 378 g/mol. The summed E-state index contributed by atoms with van der Waals surface area (Å²) in [6.45, 7) is 10.3. The van der Waals surface area contributed by atoms with Gasteiger partial charge in [0.15, 0.2) is 0 Å². The molecule has 0 saturated heterocycles. The highest BCUT2D eigenvalue weighted by Crippen LogP contribution is 2.19. The van der Waals surface area contributed by atoms with E-state index in [1.54, 1.807) is 6.08 Å². The van der Waals surface area contributed by atoms with Crippen molar-refractivity contribution in [1.82, 2.24) is 10.2 Å². The average molecular weight is 410 g/mol. The molecule has 1 atom stereocenters. The number of hydrogen-bond acceptors (Lipinski definition) is 4. The summed E-state index contributed by atoms with van der Waals surface area (Å²) in [5, 5.41) is 5.59. The molecule has 2 aromatic carbocycles. The summed E-state index contributed by atoms with van der Waals surface area (Å²) < 4.78 is 5.48. The number of nitrogens with zero attached hydrogens (tertiary/aromatic N) is 1. The predicted molar refractivity (Wildman–Crippen MR) is 121 cm³/mol. The number of carbonyl (C=O) groups excluding carboxylic acids is 2. The van der Waals surface area contributed by atoms with Gasteiger partial charge in [-0.25, -0.2) is 0 Å². The number of carbonyl (C=O) groups is 2. The average Bonchev–Trinajstić information content (AvgIpc) is 2.73. The van der Waals surface area contributed by atoms with Crippen molar-refractivity contribution in [2.45, 2.75) is 33.4 Å². The van der Waals surface area contributed by atoms with Crippen molar-refractivity contribution < 1.29 is 14.3 Å². The molecule has 6 nitrogen and oxygen atoms in total. The van der Waals surface area contributed by atoms with Gasteiger partial charge >= 0.3 is 0 Å². The van der Waals surface area contributed by atoms with Crippen LogP contribution in [0.2, 0.25) is 0 Å². The largest absolute Gasteiger partial charge is 0.490 e. The van der Waals surface area contributed by atoms with Crippen LogP contribution in [0.3, 0.4) is 0 Å². The molecule has 2 aromatic rings. The third-order valence-electron chi connectivity index (χ3n) is 4.93. The van der Waals surface area contributed by atoms with Crippen molar-refractivity contribution in [3.63, 3.8) is 0 Å². The predicted octanol–water partition coefficient (Wildman–Crippen LogP) is 3.44. The molecule has 0 spiro atoms. The van der Waals surface area contributed by atoms with Gasteiger partial charge < -0.3 is 15.4 Å². The zero-order valence-corrected chi connectivity index (χ0v) is 18.2. The maximum atomic E-state index is 12.5. The first-order valence-electron chi connectivity index (χ1n) is 9.98. The Morgan fingerprint density at radius 2 is 1.77 bits per heavy atom. The fourth-order valence-corrected chi connectivity index (χ4v) is 2.98. The van der Waals surface area contributed by atoms with E-state index in [-0.39, 0.29) is 24.4 Å². The molecule has 0 heterocycles. The highest BCUT2D eigenvalue weighted by Gasteiger charge is 2.19. The van der Waals surface area contributed by atoms with Crippen molar-refractivity contribution >= 4 is 17.5 Å². The molecule has 0 fully saturated rings. The van der Waals surface area contributed by atoms with Gasteiger partial charge in [0, 0.05) is 12.2 Å². The number of nitrogens with one attached hydrogen (secondary N) is 2. The van der Waals surface area contributed by atoms with Crippen LogP contribution in [0.5, 0.6) is 5.75 Å². The lowest BCUT2D eigenvalue weighted by Crippen LogP contribution is -2.45. The standard InChI is InChI=1S/C24H31N3O3/c1-6-14-30-21-12-10-20(11-13-21)16-27(5)19(4)24(29)25-15-22(28)26-23-17(2)8-7-9-18(23)3/h6-13,19H,1,14-16H2,2-5H3,(H,25,29)(H,26,28)/t19-/m0/s1. The number of likely N-dealkylation sites (N-methyl/N-ethyl adjacent to an activating group) is 1. The van der Waals surface area contributed by atoms with Crippen molar-refractivity contribution in [1.29, 1.82) is 0 Å². The van der Waals surface area contributed by atoms with Crippen LogP contribution in [0.25, 0.3) is 0 Å². The van der Waals surface area contributed by atoms with Crippen LogP contribution in [0.1, 0.15) is 23.6 Å². The number of ether oxygens (including phenoxy) is 1. The Labute approximate surface area is 178 Å². The van der Waals surface area contributed by atoms with E-state index in [0.717, 1.165) is 28.1 Å². The molecule has 0 aliphatic rings. The molecule has 160 valence electrons. The van der Waals surface area contributed by atoms with Gasteiger partial charge in [-0.3, -0.25) is 14.5 Å². The molecule has 30 heavy (non-hydrogen) atoms. The second-order valence-electron chi connectivity index (χ2n) is 7.37. The minimum absolute atomic E-state index is 0.0693. The normalized spacial score (nSPS) is 11.6. The molecule has 0 bridgehead atoms. The summed E-state index contributed by atoms with van der Waals surface area (Å²) in [4.78, 5) is 26.7. The van der Waals surface area contributed by atoms with Gasteiger partial charge in [-0.15, -0.1) is 0 Å². The summed E-state index contributed by atoms with van der Waals surface area (Å²) in [5.41, 5.74) is 3.84. The Morgan fingerprint density at radius 1 is 1.13 bits per heavy atom. The second-order valence-corrected chi connectivity index (χ2v) is 7.37. The molecule has 0 unspecified atom stereocenters. The van der Waals surface area contributed by atoms with Gasteiger partial charge in [0.1, 0.15) is 12.4 Å². The second kappa shape index (κ2) is 11.2. The summed E-state index contributed by atoms with van der Waals surface area (Å²) >= 11 is 0. The number of aryl methyl sites for hydroxylation is 2. The van der Waals surface area contributed by atoms with Gasteiger partial charge in [0.05, 0.1) is 12.6 Å². The van der Waals surface area contributed by atoms with Gasteiger partial charge in [-0.2, -0.15) is 0 Å². The van der Waals surface area contributed by atoms with Gasteiger partial charge in [-0.05, 0) is 56.6 Å². The smallest absolute Gasteiger partial charge is 0.243 e. The Kier molecular flexibility index (Phi) is 8.62. The molecule has 2 rings (SSSR count). The summed E-state index contributed by atoms with van der Waals surface area (Å²) in [7, 11) is 1.88. The lowest BCUT2D eigenvalue weighted by atomic mass is 10.1. The van der Waals surface area contributed by atoms with Crippen molar-refractivity contribution in [3.8, 4) is 5.75 Å². The molecular formula is C24H31N3O3. The number of hydrogen-bond donors (Lipinski definition) is 2. The van der Waals surface area contributed by atoms with E-state index < -0.39 is 0 Å². The zero-order valence-electron chi connectivity index (χ0n) is 18.2. The number of para-hydroxylation sites is 1. The van der Waals surface area contributed by atoms with E-state index in [2.05, 4.69) is 17.2 Å². The Bertz CT molecular complexity index is 858. The van der Waals surface area contributed by atoms with Crippen molar-refractivity contribution in [3.05, 3.63) is 71.8 Å². The lowest BCUT2D eigenvalue weighted by Gasteiger charge is -2.24. The quantitative estimate of drug-likeness (QED) is 0.590. The Morgan fingerprint density at radius 3 is 2.37 bits per heavy atom. The van der Waals surface area contributed by atoms with E-state index in [9.17, 15) is 9.59 Å². The third-order valence-corrected chi connectivity index (χ3v) is 4.93. The third kappa shape index (κ3) is 6.74. The van der Waals surface area contributed by atoms with Crippen LogP contribution in [0.4, 0.5) is 5.69 Å². The minimum Gasteiger partial charge on any atom is -0.490 e. The highest BCUT2D eigenvalue weighted by molar-refractivity contribution is 5.96. The lowest BCUT2D eigenvalue weighted by molar-refractivity contribution is -0.127. The molecule has 0 aromatic heterocycles. The first kappa shape index (κ1) is 23.2. The fraction of sp³-hybridized carbons (Fsp3) is 0.333. The van der Waals surface area contributed by atoms with Crippen LogP contribution in [-0.4, -0.2) is 43.0 Å². The topological polar surface area (TPSA) is 70.7 Å². The zero-order chi connectivity index (χ0) is 22.1. The van der Waals surface area contributed by atoms with Crippen LogP contribution in [-0.2, 0) is 16.1 Å². The molecule has 0 radical (unpaired) electrons. The van der Waals surface area contributed by atoms with Gasteiger partial charge in [-0.1, -0.05) is 43.0 Å². The minimum atomic E-state index is -0.380. The number of anilines is 1. The Balaban J connectivity index is 1.83. The van der Waals surface area contributed by atoms with E-state index >= 15 is 0 Å². The highest BCUT2D eigenvalue weighted by atomic mass is 16.5. The first-order chi connectivity index (χ1) is 14.3. The van der Waals surface area contributed by atoms with Crippen LogP contribution in [0.15, 0.2) is 55.1 Å². The Hall–Kier alpha value is -3.12. The molecule has 6 heteroatoms. The molecule has 2 N–H and O–H groups in total. The SMILES string of the molecule is C=CCOc1ccc(CN(C)[C@@H](C)C(=O)NCC(=O)Nc2c(C)cccc2C)cc1. The van der Waals surface area contributed by atoms with E-state index in [0.29, 0.717) is 13.2 Å². The van der Waals surface area contributed by atoms with E-state index in [1.807, 2.05) is 75.2 Å². The maximum Gasteiger partial charge on any atom is 0.243 e. The number of amides is 2. The van der Waals surface area contributed by atoms with Crippen LogP contribution < -0.4 is 15.4 Å². The molecule has 0 aliphatic heterocycles. The monoisotopic (exact) mass is 409 g/mol. The van der Waals surface area contributed by atoms with E-state index in [1.165, 1.54) is 0 Å². The van der Waals surface area contributed by atoms with Crippen molar-refractivity contribution in [2.75, 3.05) is 25.5 Å². The molecule has 0 saturated carbocycles. The maximum absolute atomic E-state index is 12.5. The molecule has 2 amide bonds. The first-order valence-corrected chi connectivity index (χ1v) is 9.98. The van der Waals surface area contributed by atoms with Crippen molar-refractivity contribution in [2.24, 2.45) is 0 Å². The van der Waals surface area contributed by atoms with Crippen LogP contribution in [0, 0.1) is 13.8 Å². The number of benzene rings is 2. The van der Waals surface area contributed by atoms with E-state index in [4.69, 9.17) is 4.74 Å². The summed E-state index contributed by atoms with van der Waals surface area (Å²) in [5.74, 6) is 0.341. The summed E-state index contributed by atoms with van der Waals surface area (Å²) in [6, 6.07) is 13.2. The van der Waals surface area contributed by atoms with Gasteiger partial charge in [0.25, 0.3) is 0 Å². The fourth-order valence-electron chi connectivity index (χ4n) is 2.98. The summed E-state index contributed by atoms with van der Waals surface area (Å²) in [6.07, 6.45) is 1.70. The number of rotatable bonds is 10. The van der Waals surface area contributed by atoms with Crippen LogP contribution >= 0.6 is 0 Å². The molecule has 0 aliphatic carbocycles. The van der Waals surface area contributed by atoms with Gasteiger partial charge in [0.2, 0.25) is 11.8 Å².